The van der Waals surface area contributed by atoms with Gasteiger partial charge in [-0.15, -0.1) is 0 Å². The van der Waals surface area contributed by atoms with Crippen LogP contribution in [0.3, 0.4) is 0 Å². The first kappa shape index (κ1) is 35.4. The normalized spacial score (nSPS) is 15.0. The van der Waals surface area contributed by atoms with Crippen LogP contribution >= 0.6 is 0 Å². The fourth-order valence-electron chi connectivity index (χ4n) is 5.34. The lowest BCUT2D eigenvalue weighted by molar-refractivity contribution is -0.162. The second-order valence-corrected chi connectivity index (χ2v) is 12.5. The number of nitrogens with one attached hydrogen (secondary N) is 1. The molecule has 2 aromatic carbocycles. The Kier molecular flexibility index (Phi) is 12.4. The number of hydrogen-bond acceptors (Lipinski definition) is 8. The maximum atomic E-state index is 13.6. The van der Waals surface area contributed by atoms with Gasteiger partial charge in [-0.2, -0.15) is 0 Å². The molecule has 0 radical (unpaired) electrons. The number of unbranched alkanes of at least 4 members (excludes halogenated alkanes) is 1. The van der Waals surface area contributed by atoms with Crippen LogP contribution in [-0.4, -0.2) is 73.1 Å². The average molecular weight is 625 g/mol. The van der Waals surface area contributed by atoms with Crippen LogP contribution in [0.2, 0.25) is 0 Å². The summed E-state index contributed by atoms with van der Waals surface area (Å²) in [6.07, 6.45) is -0.637. The summed E-state index contributed by atoms with van der Waals surface area (Å²) in [5, 5.41) is 2.49. The largest absolute Gasteiger partial charge is 0.464 e. The molecule has 1 N–H and O–H groups in total. The van der Waals surface area contributed by atoms with Crippen molar-refractivity contribution in [2.75, 3.05) is 20.3 Å². The van der Waals surface area contributed by atoms with Crippen molar-refractivity contribution < 1.29 is 38.1 Å². The minimum Gasteiger partial charge on any atom is -0.464 e. The summed E-state index contributed by atoms with van der Waals surface area (Å²) in [5.74, 6) is -1.92. The van der Waals surface area contributed by atoms with Gasteiger partial charge < -0.3 is 24.3 Å². The average Bonchev–Trinajstić information content (AvgIpc) is 3.31. The number of amides is 2. The van der Waals surface area contributed by atoms with Crippen molar-refractivity contribution in [3.8, 4) is 11.1 Å². The first-order valence-corrected chi connectivity index (χ1v) is 15.7. The standard InChI is InChI=1S/C35H48N2O8/c1-9-11-20-42-31(38)29(36-33(40)45-35(5,6)7)23(4)44-32(39)30(22(3)10-2)37(8)34(41)43-21-28-26-18-14-12-16-24(26)25-17-13-15-19-27(25)28/h12-19,22-23,28-30H,9-11,20-21H2,1-8H3,(H,36,40)/t22-,23+,29+,30?/m0/s1. The van der Waals surface area contributed by atoms with E-state index in [9.17, 15) is 19.2 Å². The Morgan fingerprint density at radius 2 is 1.47 bits per heavy atom. The summed E-state index contributed by atoms with van der Waals surface area (Å²) in [4.78, 5) is 53.8. The van der Waals surface area contributed by atoms with Crippen LogP contribution < -0.4 is 5.32 Å². The number of nitrogens with zero attached hydrogens (tertiary/aromatic N) is 1. The third kappa shape index (κ3) is 9.22. The molecule has 0 aliphatic heterocycles. The van der Waals surface area contributed by atoms with E-state index in [1.54, 1.807) is 20.8 Å². The summed E-state index contributed by atoms with van der Waals surface area (Å²) in [6, 6.07) is 13.8. The minimum atomic E-state index is -1.32. The van der Waals surface area contributed by atoms with E-state index >= 15 is 0 Å². The van der Waals surface area contributed by atoms with Crippen LogP contribution in [0, 0.1) is 5.92 Å². The molecule has 0 saturated carbocycles. The molecule has 10 nitrogen and oxygen atoms in total. The molecule has 0 heterocycles. The third-order valence-corrected chi connectivity index (χ3v) is 7.91. The number of fused-ring (bicyclic) bond motifs is 3. The van der Waals surface area contributed by atoms with Crippen LogP contribution in [0.1, 0.15) is 84.8 Å². The third-order valence-electron chi connectivity index (χ3n) is 7.91. The SMILES string of the molecule is CCCCOC(=O)[C@H](NC(=O)OC(C)(C)C)[C@@H](C)OC(=O)C([C@@H](C)CC)N(C)C(=O)OCC1c2ccccc2-c2ccccc21. The Labute approximate surface area is 266 Å². The van der Waals surface area contributed by atoms with Crippen molar-refractivity contribution >= 4 is 24.1 Å². The van der Waals surface area contributed by atoms with Crippen molar-refractivity contribution in [1.82, 2.24) is 10.2 Å². The Balaban J connectivity index is 1.73. The second kappa shape index (κ2) is 15.8. The molecule has 1 aliphatic carbocycles. The Morgan fingerprint density at radius 1 is 0.889 bits per heavy atom. The molecule has 3 rings (SSSR count). The van der Waals surface area contributed by atoms with E-state index in [1.165, 1.54) is 18.9 Å². The van der Waals surface area contributed by atoms with Crippen LogP contribution in [-0.2, 0) is 28.5 Å². The molecule has 4 atom stereocenters. The van der Waals surface area contributed by atoms with Gasteiger partial charge in [0, 0.05) is 13.0 Å². The summed E-state index contributed by atoms with van der Waals surface area (Å²) >= 11 is 0. The number of alkyl carbamates (subject to hydrolysis) is 1. The van der Waals surface area contributed by atoms with Crippen LogP contribution in [0.5, 0.6) is 0 Å². The molecule has 246 valence electrons. The van der Waals surface area contributed by atoms with E-state index in [0.717, 1.165) is 28.7 Å². The Bertz CT molecular complexity index is 1290. The number of carbonyl (C=O) groups excluding carboxylic acids is 4. The molecule has 0 bridgehead atoms. The molecule has 2 amide bonds. The predicted molar refractivity (Wildman–Crippen MR) is 171 cm³/mol. The van der Waals surface area contributed by atoms with E-state index in [4.69, 9.17) is 18.9 Å². The number of likely N-dealkylation sites (N-methyl/N-ethyl adjacent to an activating group) is 1. The zero-order valence-corrected chi connectivity index (χ0v) is 27.8. The maximum absolute atomic E-state index is 13.6. The lowest BCUT2D eigenvalue weighted by Gasteiger charge is -2.32. The highest BCUT2D eigenvalue weighted by Gasteiger charge is 2.39. The number of carbonyl (C=O) groups is 4. The van der Waals surface area contributed by atoms with E-state index in [2.05, 4.69) is 17.4 Å². The van der Waals surface area contributed by atoms with Gasteiger partial charge in [0.1, 0.15) is 24.4 Å². The van der Waals surface area contributed by atoms with Crippen LogP contribution in [0.25, 0.3) is 11.1 Å². The maximum Gasteiger partial charge on any atom is 0.410 e. The van der Waals surface area contributed by atoms with Crippen molar-refractivity contribution in [3.05, 3.63) is 59.7 Å². The van der Waals surface area contributed by atoms with E-state index in [1.807, 2.05) is 57.2 Å². The molecule has 0 saturated heterocycles. The molecule has 1 aliphatic rings. The smallest absolute Gasteiger partial charge is 0.410 e. The first-order valence-electron chi connectivity index (χ1n) is 15.7. The second-order valence-electron chi connectivity index (χ2n) is 12.5. The van der Waals surface area contributed by atoms with Crippen molar-refractivity contribution in [3.63, 3.8) is 0 Å². The van der Waals surface area contributed by atoms with Gasteiger partial charge in [0.15, 0.2) is 6.04 Å². The fraction of sp³-hybridized carbons (Fsp3) is 0.543. The molecule has 0 spiro atoms. The number of hydrogen-bond donors (Lipinski definition) is 1. The van der Waals surface area contributed by atoms with Crippen LogP contribution in [0.15, 0.2) is 48.5 Å². The summed E-state index contributed by atoms with van der Waals surface area (Å²) in [7, 11) is 1.50. The van der Waals surface area contributed by atoms with Crippen molar-refractivity contribution in [2.45, 2.75) is 97.4 Å². The summed E-state index contributed by atoms with van der Waals surface area (Å²) in [6.45, 7) is 12.5. The lowest BCUT2D eigenvalue weighted by Crippen LogP contribution is -2.54. The predicted octanol–water partition coefficient (Wildman–Crippen LogP) is 6.45. The lowest BCUT2D eigenvalue weighted by atomic mass is 9.97. The van der Waals surface area contributed by atoms with E-state index in [-0.39, 0.29) is 25.0 Å². The highest BCUT2D eigenvalue weighted by Crippen LogP contribution is 2.44. The van der Waals surface area contributed by atoms with Gasteiger partial charge in [-0.25, -0.2) is 19.2 Å². The topological polar surface area (TPSA) is 120 Å². The summed E-state index contributed by atoms with van der Waals surface area (Å²) in [5.41, 5.74) is 3.57. The Hall–Kier alpha value is -4.08. The number of rotatable bonds is 13. The number of benzene rings is 2. The van der Waals surface area contributed by atoms with Crippen molar-refractivity contribution in [2.24, 2.45) is 5.92 Å². The van der Waals surface area contributed by atoms with E-state index in [0.29, 0.717) is 12.8 Å². The monoisotopic (exact) mass is 624 g/mol. The van der Waals surface area contributed by atoms with Gasteiger partial charge in [-0.1, -0.05) is 82.1 Å². The highest BCUT2D eigenvalue weighted by atomic mass is 16.6. The van der Waals surface area contributed by atoms with Crippen LogP contribution in [0.4, 0.5) is 9.59 Å². The zero-order valence-electron chi connectivity index (χ0n) is 27.8. The van der Waals surface area contributed by atoms with Crippen molar-refractivity contribution in [1.29, 1.82) is 0 Å². The Morgan fingerprint density at radius 3 is 2.00 bits per heavy atom. The summed E-state index contributed by atoms with van der Waals surface area (Å²) < 4.78 is 22.2. The number of ether oxygens (including phenoxy) is 4. The molecule has 1 unspecified atom stereocenters. The molecular weight excluding hydrogens is 576 g/mol. The van der Waals surface area contributed by atoms with E-state index < -0.39 is 47.9 Å². The molecule has 2 aromatic rings. The number of esters is 2. The van der Waals surface area contributed by atoms with Gasteiger partial charge >= 0.3 is 24.1 Å². The van der Waals surface area contributed by atoms with Gasteiger partial charge in [-0.3, -0.25) is 4.90 Å². The highest BCUT2D eigenvalue weighted by molar-refractivity contribution is 5.85. The zero-order chi connectivity index (χ0) is 33.3. The fourth-order valence-corrected chi connectivity index (χ4v) is 5.34. The van der Waals surface area contributed by atoms with Gasteiger partial charge in [0.05, 0.1) is 6.61 Å². The molecule has 10 heteroatoms. The first-order chi connectivity index (χ1) is 21.3. The minimum absolute atomic E-state index is 0.0986. The van der Waals surface area contributed by atoms with Gasteiger partial charge in [0.25, 0.3) is 0 Å². The molecule has 0 aromatic heterocycles. The van der Waals surface area contributed by atoms with Gasteiger partial charge in [0.2, 0.25) is 0 Å². The quantitative estimate of drug-likeness (QED) is 0.153. The molecule has 0 fully saturated rings. The van der Waals surface area contributed by atoms with Gasteiger partial charge in [-0.05, 0) is 62.3 Å². The molecule has 45 heavy (non-hydrogen) atoms. The molecular formula is C35H48N2O8.